The van der Waals surface area contributed by atoms with Gasteiger partial charge in [0.1, 0.15) is 6.29 Å². The Balaban J connectivity index is 3.87. The van der Waals surface area contributed by atoms with E-state index in [1.165, 1.54) is 0 Å². The Bertz CT molecular complexity index is 183. The number of aldehydes is 1. The van der Waals surface area contributed by atoms with Crippen molar-refractivity contribution in [2.75, 3.05) is 20.1 Å². The van der Waals surface area contributed by atoms with Crippen LogP contribution in [0.15, 0.2) is 0 Å². The number of primary amides is 1. The molecule has 1 unspecified atom stereocenters. The van der Waals surface area contributed by atoms with Crippen molar-refractivity contribution in [1.82, 2.24) is 4.90 Å². The van der Waals surface area contributed by atoms with Crippen LogP contribution in [0.3, 0.4) is 0 Å². The number of amides is 1. The van der Waals surface area contributed by atoms with Crippen molar-refractivity contribution in [1.29, 1.82) is 0 Å². The molecular formula is C10H20N2O2. The number of carbonyl (C=O) groups is 2. The molecule has 0 saturated heterocycles. The molecule has 0 aromatic carbocycles. The third-order valence-corrected chi connectivity index (χ3v) is 2.12. The Morgan fingerprint density at radius 1 is 1.57 bits per heavy atom. The minimum Gasteiger partial charge on any atom is -0.369 e. The minimum atomic E-state index is -0.325. The summed E-state index contributed by atoms with van der Waals surface area (Å²) in [6, 6.07) is 0. The van der Waals surface area contributed by atoms with E-state index in [-0.39, 0.29) is 12.5 Å². The molecule has 0 rings (SSSR count). The molecule has 0 heterocycles. The van der Waals surface area contributed by atoms with Crippen molar-refractivity contribution >= 4 is 12.2 Å². The second-order valence-electron chi connectivity index (χ2n) is 3.72. The molecule has 0 fully saturated rings. The molecule has 0 aromatic rings. The second-order valence-corrected chi connectivity index (χ2v) is 3.72. The Labute approximate surface area is 85.4 Å². The molecule has 0 aliphatic heterocycles. The SMILES string of the molecule is CCCC(CC=O)CN(C)CC(N)=O. The molecule has 1 atom stereocenters. The van der Waals surface area contributed by atoms with E-state index in [4.69, 9.17) is 5.73 Å². The normalized spacial score (nSPS) is 12.8. The lowest BCUT2D eigenvalue weighted by atomic mass is 10.00. The van der Waals surface area contributed by atoms with E-state index in [0.717, 1.165) is 25.7 Å². The van der Waals surface area contributed by atoms with Gasteiger partial charge in [0.15, 0.2) is 0 Å². The van der Waals surface area contributed by atoms with Gasteiger partial charge in [-0.3, -0.25) is 9.69 Å². The summed E-state index contributed by atoms with van der Waals surface area (Å²) in [5, 5.41) is 0. The molecule has 0 saturated carbocycles. The first kappa shape index (κ1) is 13.1. The Morgan fingerprint density at radius 3 is 2.64 bits per heavy atom. The summed E-state index contributed by atoms with van der Waals surface area (Å²) in [6.07, 6.45) is 3.58. The zero-order valence-corrected chi connectivity index (χ0v) is 9.03. The quantitative estimate of drug-likeness (QED) is 0.577. The number of nitrogens with two attached hydrogens (primary N) is 1. The first-order chi connectivity index (χ1) is 6.60. The lowest BCUT2D eigenvalue weighted by Crippen LogP contribution is -2.34. The lowest BCUT2D eigenvalue weighted by Gasteiger charge is -2.20. The first-order valence-electron chi connectivity index (χ1n) is 5.00. The fraction of sp³-hybridized carbons (Fsp3) is 0.800. The van der Waals surface area contributed by atoms with E-state index in [1.54, 1.807) is 0 Å². The van der Waals surface area contributed by atoms with E-state index in [0.29, 0.717) is 12.3 Å². The predicted molar refractivity (Wildman–Crippen MR) is 55.8 cm³/mol. The Kier molecular flexibility index (Phi) is 7.02. The third-order valence-electron chi connectivity index (χ3n) is 2.12. The summed E-state index contributed by atoms with van der Waals surface area (Å²) in [4.78, 5) is 22.9. The van der Waals surface area contributed by atoms with Crippen LogP contribution in [0.25, 0.3) is 0 Å². The maximum Gasteiger partial charge on any atom is 0.231 e. The third kappa shape index (κ3) is 6.60. The van der Waals surface area contributed by atoms with Gasteiger partial charge in [-0.2, -0.15) is 0 Å². The van der Waals surface area contributed by atoms with E-state index in [9.17, 15) is 9.59 Å². The molecule has 82 valence electrons. The minimum absolute atomic E-state index is 0.263. The number of hydrogen-bond donors (Lipinski definition) is 1. The summed E-state index contributed by atoms with van der Waals surface area (Å²) in [5.41, 5.74) is 5.07. The Hall–Kier alpha value is -0.900. The van der Waals surface area contributed by atoms with Gasteiger partial charge < -0.3 is 10.5 Å². The monoisotopic (exact) mass is 200 g/mol. The van der Waals surface area contributed by atoms with Gasteiger partial charge in [0.2, 0.25) is 5.91 Å². The van der Waals surface area contributed by atoms with Crippen LogP contribution in [0.1, 0.15) is 26.2 Å². The molecule has 0 aliphatic carbocycles. The van der Waals surface area contributed by atoms with Crippen LogP contribution in [-0.2, 0) is 9.59 Å². The van der Waals surface area contributed by atoms with Gasteiger partial charge in [0.05, 0.1) is 6.54 Å². The smallest absolute Gasteiger partial charge is 0.231 e. The summed E-state index contributed by atoms with van der Waals surface area (Å²) in [5.74, 6) is 0.0238. The molecule has 0 radical (unpaired) electrons. The number of carbonyl (C=O) groups excluding carboxylic acids is 2. The predicted octanol–water partition coefficient (Wildman–Crippen LogP) is 0.409. The fourth-order valence-corrected chi connectivity index (χ4v) is 1.60. The zero-order chi connectivity index (χ0) is 11.0. The van der Waals surface area contributed by atoms with Crippen LogP contribution in [0.2, 0.25) is 0 Å². The van der Waals surface area contributed by atoms with Gasteiger partial charge >= 0.3 is 0 Å². The van der Waals surface area contributed by atoms with Gasteiger partial charge in [-0.05, 0) is 19.4 Å². The molecule has 0 spiro atoms. The van der Waals surface area contributed by atoms with Gasteiger partial charge in [-0.25, -0.2) is 0 Å². The van der Waals surface area contributed by atoms with Crippen molar-refractivity contribution in [2.45, 2.75) is 26.2 Å². The number of likely N-dealkylation sites (N-methyl/N-ethyl adjacent to an activating group) is 1. The number of rotatable bonds is 8. The second kappa shape index (κ2) is 7.50. The van der Waals surface area contributed by atoms with Crippen LogP contribution in [-0.4, -0.2) is 37.2 Å². The zero-order valence-electron chi connectivity index (χ0n) is 9.03. The van der Waals surface area contributed by atoms with Crippen molar-refractivity contribution in [3.05, 3.63) is 0 Å². The highest BCUT2D eigenvalue weighted by Gasteiger charge is 2.11. The molecule has 2 N–H and O–H groups in total. The maximum atomic E-state index is 10.6. The van der Waals surface area contributed by atoms with Crippen LogP contribution >= 0.6 is 0 Å². The number of hydrogen-bond acceptors (Lipinski definition) is 3. The Morgan fingerprint density at radius 2 is 2.21 bits per heavy atom. The van der Waals surface area contributed by atoms with Crippen LogP contribution in [0.4, 0.5) is 0 Å². The van der Waals surface area contributed by atoms with Crippen molar-refractivity contribution in [3.63, 3.8) is 0 Å². The van der Waals surface area contributed by atoms with Crippen molar-refractivity contribution in [3.8, 4) is 0 Å². The number of nitrogens with zero attached hydrogens (tertiary/aromatic N) is 1. The largest absolute Gasteiger partial charge is 0.369 e. The highest BCUT2D eigenvalue weighted by molar-refractivity contribution is 5.75. The van der Waals surface area contributed by atoms with Crippen LogP contribution < -0.4 is 5.73 Å². The average molecular weight is 200 g/mol. The fourth-order valence-electron chi connectivity index (χ4n) is 1.60. The van der Waals surface area contributed by atoms with Gasteiger partial charge in [-0.1, -0.05) is 13.3 Å². The van der Waals surface area contributed by atoms with Gasteiger partial charge in [0, 0.05) is 13.0 Å². The van der Waals surface area contributed by atoms with Crippen LogP contribution in [0, 0.1) is 5.92 Å². The average Bonchev–Trinajstić information content (AvgIpc) is 2.03. The van der Waals surface area contributed by atoms with Crippen molar-refractivity contribution < 1.29 is 9.59 Å². The summed E-state index contributed by atoms with van der Waals surface area (Å²) >= 11 is 0. The standard InChI is InChI=1S/C10H20N2O2/c1-3-4-9(5-6-13)7-12(2)8-10(11)14/h6,9H,3-5,7-8H2,1-2H3,(H2,11,14). The van der Waals surface area contributed by atoms with Gasteiger partial charge in [-0.15, -0.1) is 0 Å². The highest BCUT2D eigenvalue weighted by atomic mass is 16.1. The molecule has 14 heavy (non-hydrogen) atoms. The van der Waals surface area contributed by atoms with E-state index in [2.05, 4.69) is 6.92 Å². The maximum absolute atomic E-state index is 10.6. The van der Waals surface area contributed by atoms with E-state index >= 15 is 0 Å². The molecule has 4 nitrogen and oxygen atoms in total. The molecular weight excluding hydrogens is 180 g/mol. The summed E-state index contributed by atoms with van der Waals surface area (Å²) < 4.78 is 0. The highest BCUT2D eigenvalue weighted by Crippen LogP contribution is 2.10. The molecule has 0 aromatic heterocycles. The molecule has 0 aliphatic rings. The molecule has 1 amide bonds. The summed E-state index contributed by atoms with van der Waals surface area (Å²) in [7, 11) is 1.85. The molecule has 4 heteroatoms. The molecule has 0 bridgehead atoms. The van der Waals surface area contributed by atoms with Gasteiger partial charge in [0.25, 0.3) is 0 Å². The van der Waals surface area contributed by atoms with Crippen LogP contribution in [0.5, 0.6) is 0 Å². The lowest BCUT2D eigenvalue weighted by molar-refractivity contribution is -0.118. The van der Waals surface area contributed by atoms with E-state index in [1.807, 2.05) is 11.9 Å². The topological polar surface area (TPSA) is 63.4 Å². The first-order valence-corrected chi connectivity index (χ1v) is 5.00. The van der Waals surface area contributed by atoms with E-state index < -0.39 is 0 Å². The summed E-state index contributed by atoms with van der Waals surface area (Å²) in [6.45, 7) is 3.11. The van der Waals surface area contributed by atoms with Crippen molar-refractivity contribution in [2.24, 2.45) is 11.7 Å².